The Balaban J connectivity index is 1.41. The van der Waals surface area contributed by atoms with Gasteiger partial charge in [-0.25, -0.2) is 18.4 Å². The van der Waals surface area contributed by atoms with Crippen LogP contribution in [0.5, 0.6) is 5.88 Å². The number of fused-ring (bicyclic) bond motifs is 1. The van der Waals surface area contributed by atoms with Gasteiger partial charge in [0.1, 0.15) is 4.90 Å². The average Bonchev–Trinajstić information content (AvgIpc) is 3.31. The first-order valence-electron chi connectivity index (χ1n) is 8.61. The van der Waals surface area contributed by atoms with Crippen molar-refractivity contribution in [3.63, 3.8) is 0 Å². The van der Waals surface area contributed by atoms with E-state index in [0.29, 0.717) is 36.1 Å². The second kappa shape index (κ2) is 6.86. The molecular weight excluding hydrogens is 372 g/mol. The minimum atomic E-state index is -3.49. The lowest BCUT2D eigenvalue weighted by molar-refractivity contribution is 0.396. The molecule has 1 saturated carbocycles. The molecule has 0 bridgehead atoms. The lowest BCUT2D eigenvalue weighted by atomic mass is 10.0. The molecule has 2 aliphatic rings. The highest BCUT2D eigenvalue weighted by Crippen LogP contribution is 2.45. The summed E-state index contributed by atoms with van der Waals surface area (Å²) in [5.74, 6) is 1.26. The molecule has 4 rings (SSSR count). The van der Waals surface area contributed by atoms with Gasteiger partial charge >= 0.3 is 0 Å². The van der Waals surface area contributed by atoms with E-state index in [1.807, 2.05) is 35.8 Å². The molecule has 0 spiro atoms. The van der Waals surface area contributed by atoms with E-state index in [2.05, 4.69) is 9.97 Å². The molecule has 1 aliphatic heterocycles. The van der Waals surface area contributed by atoms with E-state index in [1.165, 1.54) is 13.3 Å². The number of sulfonamides is 1. The summed E-state index contributed by atoms with van der Waals surface area (Å²) in [5.41, 5.74) is 0. The maximum Gasteiger partial charge on any atom is 0.244 e. The lowest BCUT2D eigenvalue weighted by Crippen LogP contribution is -2.30. The number of imidazole rings is 1. The summed E-state index contributed by atoms with van der Waals surface area (Å²) in [6, 6.07) is 3.15. The van der Waals surface area contributed by atoms with Gasteiger partial charge in [0.25, 0.3) is 0 Å². The summed E-state index contributed by atoms with van der Waals surface area (Å²) >= 11 is 1.81. The zero-order valence-corrected chi connectivity index (χ0v) is 16.4. The molecule has 1 saturated heterocycles. The fraction of sp³-hybridized carbons (Fsp3) is 0.529. The second-order valence-electron chi connectivity index (χ2n) is 6.91. The quantitative estimate of drug-likeness (QED) is 0.772. The first-order valence-corrected chi connectivity index (χ1v) is 10.9. The SMILES string of the molecule is COc1ccc(S(=O)(=O)N2C[C@H]3C[C@H](Sc4nccn4C)C[C@H]3C2)cn1. The molecule has 0 unspecified atom stereocenters. The van der Waals surface area contributed by atoms with Crippen molar-refractivity contribution in [2.24, 2.45) is 18.9 Å². The van der Waals surface area contributed by atoms with Crippen molar-refractivity contribution in [2.45, 2.75) is 28.1 Å². The highest BCUT2D eigenvalue weighted by Gasteiger charge is 2.45. The van der Waals surface area contributed by atoms with Gasteiger partial charge in [0.05, 0.1) is 13.3 Å². The van der Waals surface area contributed by atoms with Crippen LogP contribution in [0.25, 0.3) is 0 Å². The molecule has 0 radical (unpaired) electrons. The van der Waals surface area contributed by atoms with Crippen LogP contribution in [0, 0.1) is 11.8 Å². The summed E-state index contributed by atoms with van der Waals surface area (Å²) in [5, 5.41) is 1.54. The number of aromatic nitrogens is 3. The fourth-order valence-electron chi connectivity index (χ4n) is 3.90. The monoisotopic (exact) mass is 394 g/mol. The molecule has 0 aromatic carbocycles. The molecule has 7 nitrogen and oxygen atoms in total. The van der Waals surface area contributed by atoms with Gasteiger partial charge < -0.3 is 9.30 Å². The smallest absolute Gasteiger partial charge is 0.244 e. The lowest BCUT2D eigenvalue weighted by Gasteiger charge is -2.19. The Morgan fingerprint density at radius 1 is 1.19 bits per heavy atom. The Morgan fingerprint density at radius 3 is 2.46 bits per heavy atom. The molecular formula is C17H22N4O3S2. The van der Waals surface area contributed by atoms with E-state index < -0.39 is 10.0 Å². The van der Waals surface area contributed by atoms with Crippen molar-refractivity contribution >= 4 is 21.8 Å². The van der Waals surface area contributed by atoms with Crippen molar-refractivity contribution in [1.82, 2.24) is 18.8 Å². The van der Waals surface area contributed by atoms with E-state index in [-0.39, 0.29) is 4.90 Å². The van der Waals surface area contributed by atoms with Crippen LogP contribution >= 0.6 is 11.8 Å². The molecule has 0 amide bonds. The minimum Gasteiger partial charge on any atom is -0.481 e. The maximum atomic E-state index is 12.9. The largest absolute Gasteiger partial charge is 0.481 e. The Kier molecular flexibility index (Phi) is 4.70. The normalized spacial score (nSPS) is 26.2. The van der Waals surface area contributed by atoms with Crippen LogP contribution in [-0.4, -0.2) is 52.7 Å². The molecule has 3 atom stereocenters. The molecule has 1 aliphatic carbocycles. The van der Waals surface area contributed by atoms with E-state index in [4.69, 9.17) is 4.74 Å². The predicted molar refractivity (Wildman–Crippen MR) is 98.6 cm³/mol. The number of methoxy groups -OCH3 is 1. The number of aryl methyl sites for hydroxylation is 1. The molecule has 0 N–H and O–H groups in total. The third-order valence-electron chi connectivity index (χ3n) is 5.28. The average molecular weight is 395 g/mol. The number of nitrogens with zero attached hydrogens (tertiary/aromatic N) is 4. The van der Waals surface area contributed by atoms with Gasteiger partial charge in [-0.1, -0.05) is 11.8 Å². The Bertz CT molecular complexity index is 868. The van der Waals surface area contributed by atoms with Crippen LogP contribution in [0.2, 0.25) is 0 Å². The predicted octanol–water partition coefficient (Wildman–Crippen LogP) is 2.02. The van der Waals surface area contributed by atoms with Crippen molar-refractivity contribution in [2.75, 3.05) is 20.2 Å². The summed E-state index contributed by atoms with van der Waals surface area (Å²) in [6.45, 7) is 1.19. The first-order chi connectivity index (χ1) is 12.5. The second-order valence-corrected chi connectivity index (χ2v) is 10.1. The maximum absolute atomic E-state index is 12.9. The number of thioether (sulfide) groups is 1. The molecule has 2 aromatic rings. The number of hydrogen-bond donors (Lipinski definition) is 0. The molecule has 140 valence electrons. The van der Waals surface area contributed by atoms with Crippen LogP contribution in [-0.2, 0) is 17.1 Å². The number of rotatable bonds is 5. The van der Waals surface area contributed by atoms with E-state index in [9.17, 15) is 8.42 Å². The van der Waals surface area contributed by atoms with Crippen LogP contribution < -0.4 is 4.74 Å². The highest BCUT2D eigenvalue weighted by atomic mass is 32.2. The van der Waals surface area contributed by atoms with Gasteiger partial charge in [0, 0.05) is 43.8 Å². The van der Waals surface area contributed by atoms with E-state index >= 15 is 0 Å². The Morgan fingerprint density at radius 2 is 1.92 bits per heavy atom. The molecule has 2 aromatic heterocycles. The van der Waals surface area contributed by atoms with Crippen molar-refractivity contribution < 1.29 is 13.2 Å². The van der Waals surface area contributed by atoms with Crippen LogP contribution in [0.4, 0.5) is 0 Å². The molecule has 9 heteroatoms. The Labute approximate surface area is 157 Å². The first kappa shape index (κ1) is 17.8. The van der Waals surface area contributed by atoms with Gasteiger partial charge in [-0.05, 0) is 30.7 Å². The van der Waals surface area contributed by atoms with Gasteiger partial charge in [0.2, 0.25) is 15.9 Å². The van der Waals surface area contributed by atoms with Gasteiger partial charge in [-0.15, -0.1) is 0 Å². The van der Waals surface area contributed by atoms with Crippen molar-refractivity contribution in [3.8, 4) is 5.88 Å². The van der Waals surface area contributed by atoms with Gasteiger partial charge in [0.15, 0.2) is 5.16 Å². The summed E-state index contributed by atoms with van der Waals surface area (Å²) in [6.07, 6.45) is 7.22. The topological polar surface area (TPSA) is 77.3 Å². The van der Waals surface area contributed by atoms with Crippen LogP contribution in [0.3, 0.4) is 0 Å². The van der Waals surface area contributed by atoms with Crippen molar-refractivity contribution in [1.29, 1.82) is 0 Å². The van der Waals surface area contributed by atoms with Gasteiger partial charge in [-0.3, -0.25) is 0 Å². The summed E-state index contributed by atoms with van der Waals surface area (Å²) in [4.78, 5) is 8.65. The third kappa shape index (κ3) is 3.23. The third-order valence-corrected chi connectivity index (χ3v) is 8.42. The summed E-state index contributed by atoms with van der Waals surface area (Å²) < 4.78 is 34.4. The Hall–Kier alpha value is -1.58. The zero-order valence-electron chi connectivity index (χ0n) is 14.8. The zero-order chi connectivity index (χ0) is 18.3. The van der Waals surface area contributed by atoms with Gasteiger partial charge in [-0.2, -0.15) is 4.31 Å². The van der Waals surface area contributed by atoms with E-state index in [0.717, 1.165) is 18.0 Å². The summed E-state index contributed by atoms with van der Waals surface area (Å²) in [7, 11) is 0.0259. The molecule has 26 heavy (non-hydrogen) atoms. The highest BCUT2D eigenvalue weighted by molar-refractivity contribution is 7.99. The van der Waals surface area contributed by atoms with E-state index in [1.54, 1.807) is 16.4 Å². The van der Waals surface area contributed by atoms with Crippen LogP contribution in [0.15, 0.2) is 40.8 Å². The standard InChI is InChI=1S/C17H22N4O3S2/c1-20-6-5-18-17(20)25-14-7-12-10-21(11-13(12)8-14)26(22,23)15-3-4-16(24-2)19-9-15/h3-6,9,12-14H,7-8,10-11H2,1-2H3/t12-,13+,14+. The minimum absolute atomic E-state index is 0.234. The van der Waals surface area contributed by atoms with Crippen LogP contribution in [0.1, 0.15) is 12.8 Å². The molecule has 3 heterocycles. The van der Waals surface area contributed by atoms with Crippen molar-refractivity contribution in [3.05, 3.63) is 30.7 Å². The number of hydrogen-bond acceptors (Lipinski definition) is 6. The molecule has 2 fully saturated rings. The fourth-order valence-corrected chi connectivity index (χ4v) is 6.73. The number of pyridine rings is 1. The number of ether oxygens (including phenoxy) is 1.